The number of aromatic nitrogens is 5. The smallest absolute Gasteiger partial charge is 0.251 e. The number of methoxy groups -OCH3 is 1. The van der Waals surface area contributed by atoms with E-state index in [9.17, 15) is 29.5 Å². The van der Waals surface area contributed by atoms with Crippen molar-refractivity contribution >= 4 is 52.4 Å². The van der Waals surface area contributed by atoms with Crippen molar-refractivity contribution in [1.82, 2.24) is 45.4 Å². The summed E-state index contributed by atoms with van der Waals surface area (Å²) in [7, 11) is 1.53. The van der Waals surface area contributed by atoms with Crippen LogP contribution in [0, 0.1) is 23.7 Å². The number of aliphatic hydroxyl groups excluding tert-OH is 1. The van der Waals surface area contributed by atoms with Crippen LogP contribution in [0.5, 0.6) is 5.75 Å². The molecule has 0 radical (unpaired) electrons. The zero-order chi connectivity index (χ0) is 51.1. The number of imidazole rings is 1. The Morgan fingerprint density at radius 1 is 1.03 bits per heavy atom. The third-order valence-corrected chi connectivity index (χ3v) is 14.6. The summed E-state index contributed by atoms with van der Waals surface area (Å²) in [5.41, 5.74) is 7.01. The van der Waals surface area contributed by atoms with Gasteiger partial charge in [-0.3, -0.25) is 23.7 Å². The lowest BCUT2D eigenvalue weighted by Crippen LogP contribution is -2.58. The molecule has 2 fully saturated rings. The van der Waals surface area contributed by atoms with Crippen molar-refractivity contribution in [2.45, 2.75) is 123 Å². The van der Waals surface area contributed by atoms with Crippen molar-refractivity contribution in [2.75, 3.05) is 43.6 Å². The molecule has 1 unspecified atom stereocenters. The molecule has 2 aliphatic heterocycles. The first kappa shape index (κ1) is 51.4. The van der Waals surface area contributed by atoms with Crippen LogP contribution in [0.1, 0.15) is 118 Å². The van der Waals surface area contributed by atoms with Crippen LogP contribution in [-0.2, 0) is 25.7 Å². The topological polar surface area (TPSA) is 242 Å². The van der Waals surface area contributed by atoms with Crippen LogP contribution in [-0.4, -0.2) is 116 Å². The molecule has 3 aliphatic rings. The second-order valence-corrected chi connectivity index (χ2v) is 20.5. The summed E-state index contributed by atoms with van der Waals surface area (Å²) >= 11 is 1.57. The number of hydrogen-bond acceptors (Lipinski definition) is 15. The van der Waals surface area contributed by atoms with Gasteiger partial charge in [-0.15, -0.1) is 11.3 Å². The van der Waals surface area contributed by atoms with E-state index in [-0.39, 0.29) is 56.6 Å². The Labute approximate surface area is 423 Å². The number of fused-ring (bicyclic) bond motifs is 3. The van der Waals surface area contributed by atoms with Gasteiger partial charge < -0.3 is 45.6 Å². The second-order valence-electron chi connectivity index (χ2n) is 19.6. The van der Waals surface area contributed by atoms with Gasteiger partial charge in [-0.1, -0.05) is 64.8 Å². The Morgan fingerprint density at radius 2 is 1.81 bits per heavy atom. The number of hydrogen-bond donors (Lipinski definition) is 5. The van der Waals surface area contributed by atoms with E-state index in [0.29, 0.717) is 48.0 Å². The zero-order valence-electron chi connectivity index (χ0n) is 41.7. The molecule has 380 valence electrons. The van der Waals surface area contributed by atoms with Crippen LogP contribution in [0.15, 0.2) is 60.5 Å². The van der Waals surface area contributed by atoms with Gasteiger partial charge >= 0.3 is 0 Å². The molecule has 0 spiro atoms. The highest BCUT2D eigenvalue weighted by Gasteiger charge is 2.45. The molecule has 5 aromatic rings. The number of thiazole rings is 1. The second kappa shape index (κ2) is 22.6. The maximum absolute atomic E-state index is 14.0. The van der Waals surface area contributed by atoms with Gasteiger partial charge in [0.2, 0.25) is 23.7 Å². The number of unbranched alkanes of at least 4 members (excludes halogenated alkanes) is 1. The lowest BCUT2D eigenvalue weighted by Gasteiger charge is -2.41. The molecular formula is C52H64N12O7S. The zero-order valence-corrected chi connectivity index (χ0v) is 42.6. The number of aliphatic hydroxyl groups is 1. The number of likely N-dealkylation sites (tertiary alicyclic amines) is 1. The molecule has 20 heteroatoms. The van der Waals surface area contributed by atoms with Crippen molar-refractivity contribution in [3.63, 3.8) is 0 Å². The number of rotatable bonds is 19. The van der Waals surface area contributed by atoms with E-state index in [4.69, 9.17) is 14.5 Å². The summed E-state index contributed by atoms with van der Waals surface area (Å²) in [6.07, 6.45) is 8.89. The van der Waals surface area contributed by atoms with E-state index in [1.165, 1.54) is 12.0 Å². The number of nitrogens with zero attached hydrogens (tertiary/aromatic N) is 8. The van der Waals surface area contributed by atoms with Gasteiger partial charge in [0.15, 0.2) is 11.5 Å². The highest BCUT2D eigenvalue weighted by molar-refractivity contribution is 7.13. The lowest BCUT2D eigenvalue weighted by molar-refractivity contribution is -0.144. The molecule has 19 nitrogen and oxygen atoms in total. The van der Waals surface area contributed by atoms with Crippen molar-refractivity contribution in [3.8, 4) is 27.9 Å². The number of nitrogens with one attached hydrogen (secondary N) is 4. The number of ether oxygens (including phenoxy) is 2. The van der Waals surface area contributed by atoms with Gasteiger partial charge in [0.1, 0.15) is 42.5 Å². The van der Waals surface area contributed by atoms with Crippen molar-refractivity contribution in [3.05, 3.63) is 88.7 Å². The van der Waals surface area contributed by atoms with Crippen LogP contribution < -0.4 is 30.9 Å². The molecular weight excluding hydrogens is 937 g/mol. The van der Waals surface area contributed by atoms with E-state index in [1.807, 2.05) is 62.0 Å². The van der Waals surface area contributed by atoms with Crippen LogP contribution in [0.2, 0.25) is 0 Å². The van der Waals surface area contributed by atoms with Gasteiger partial charge in [0, 0.05) is 44.3 Å². The average molecular weight is 1000 g/mol. The van der Waals surface area contributed by atoms with Crippen LogP contribution >= 0.6 is 11.3 Å². The Hall–Kier alpha value is -6.95. The number of β-amino-alcohol motifs (C(OH)–C–C–N with tert-alkyl or cyclic N) is 1. The number of anilines is 3. The maximum atomic E-state index is 14.0. The van der Waals surface area contributed by atoms with Crippen molar-refractivity contribution < 1.29 is 33.8 Å². The van der Waals surface area contributed by atoms with E-state index >= 15 is 0 Å². The molecule has 3 aromatic heterocycles. The van der Waals surface area contributed by atoms with Crippen LogP contribution in [0.4, 0.5) is 17.5 Å². The van der Waals surface area contributed by atoms with E-state index < -0.39 is 35.4 Å². The van der Waals surface area contributed by atoms with Crippen LogP contribution in [0.25, 0.3) is 16.1 Å². The third kappa shape index (κ3) is 11.4. The summed E-state index contributed by atoms with van der Waals surface area (Å²) < 4.78 is 13.3. The van der Waals surface area contributed by atoms with Gasteiger partial charge in [0.25, 0.3) is 5.91 Å². The van der Waals surface area contributed by atoms with Gasteiger partial charge in [0.05, 0.1) is 52.9 Å². The predicted octanol–water partition coefficient (Wildman–Crippen LogP) is 6.27. The molecule has 5 heterocycles. The normalized spacial score (nSPS) is 17.9. The number of nitriles is 1. The fourth-order valence-corrected chi connectivity index (χ4v) is 10.7. The first-order chi connectivity index (χ1) is 34.7. The molecule has 1 saturated heterocycles. The predicted molar refractivity (Wildman–Crippen MR) is 272 cm³/mol. The standard InChI is InChI=1S/C52H64N12O7S/c1-7-39-44-38(24-53)57-29-63(44)41-26-56-51(61-47(41)64(39)35-12-8-9-13-35)59-37-19-18-34(22-42(37)70-6)48(67)54-20-10-11-21-71-28-43(66)60-46(52(3,4)5)50(69)62-27-36(65)23-40(62)49(68)55-25-32-14-16-33(17-15-32)45-31(2)58-30-72-45/h14-19,22,26,29-30,35-36,39-40,46,65H,7-13,20-21,23,25,27-28H2,1-6H3,(H,54,67)(H,55,68)(H,60,66)(H,56,59,61)/t36-,39-,40+,46?/m1/s1. The molecule has 4 amide bonds. The minimum atomic E-state index is -0.985. The van der Waals surface area contributed by atoms with E-state index in [2.05, 4.69) is 54.1 Å². The summed E-state index contributed by atoms with van der Waals surface area (Å²) in [6, 6.07) is 13.6. The molecule has 72 heavy (non-hydrogen) atoms. The molecule has 0 bridgehead atoms. The molecule has 8 rings (SSSR count). The Balaban J connectivity index is 0.786. The summed E-state index contributed by atoms with van der Waals surface area (Å²) in [5.74, 6) is -0.0374. The fraction of sp³-hybridized carbons (Fsp3) is 0.481. The Morgan fingerprint density at radius 3 is 2.50 bits per heavy atom. The average Bonchev–Trinajstić information content (AvgIpc) is 4.22. The van der Waals surface area contributed by atoms with Crippen molar-refractivity contribution in [1.29, 1.82) is 5.26 Å². The lowest BCUT2D eigenvalue weighted by atomic mass is 9.85. The Kier molecular flexibility index (Phi) is 16.2. The highest BCUT2D eigenvalue weighted by atomic mass is 32.1. The van der Waals surface area contributed by atoms with Gasteiger partial charge in [-0.25, -0.2) is 15.0 Å². The minimum Gasteiger partial charge on any atom is -0.495 e. The number of carbonyl (C=O) groups is 4. The number of benzene rings is 2. The number of aryl methyl sites for hydroxylation is 1. The molecule has 4 atom stereocenters. The monoisotopic (exact) mass is 1000 g/mol. The van der Waals surface area contributed by atoms with E-state index in [1.54, 1.807) is 42.1 Å². The number of carbonyl (C=O) groups excluding carboxylic acids is 4. The number of amides is 4. The highest BCUT2D eigenvalue weighted by Crippen LogP contribution is 2.45. The Bertz CT molecular complexity index is 2790. The fourth-order valence-electron chi connectivity index (χ4n) is 9.86. The molecule has 5 N–H and O–H groups in total. The largest absolute Gasteiger partial charge is 0.495 e. The summed E-state index contributed by atoms with van der Waals surface area (Å²) in [5, 5.41) is 32.4. The summed E-state index contributed by atoms with van der Waals surface area (Å²) in [4.78, 5) is 77.1. The SMILES string of the molecule is CC[C@@H]1c2c(C#N)ncn2-c2cnc(Nc3ccc(C(=O)NCCCCOCC(=O)NC(C(=O)N4C[C@H](O)C[C@H]4C(=O)NCc4ccc(-c5scnc5C)cc4)C(C)(C)C)cc3OC)nc2N1C1CCCC1. The maximum Gasteiger partial charge on any atom is 0.251 e. The van der Waals surface area contributed by atoms with Crippen molar-refractivity contribution in [2.24, 2.45) is 5.41 Å². The third-order valence-electron chi connectivity index (χ3n) is 13.6. The van der Waals surface area contributed by atoms with E-state index in [0.717, 1.165) is 71.0 Å². The quantitative estimate of drug-likeness (QED) is 0.0574. The van der Waals surface area contributed by atoms with Gasteiger partial charge in [-0.2, -0.15) is 10.2 Å². The summed E-state index contributed by atoms with van der Waals surface area (Å²) in [6.45, 7) is 10.1. The minimum absolute atomic E-state index is 0.0301. The first-order valence-corrected chi connectivity index (χ1v) is 25.6. The first-order valence-electron chi connectivity index (χ1n) is 24.7. The molecule has 1 aliphatic carbocycles. The molecule has 1 saturated carbocycles. The van der Waals surface area contributed by atoms with Gasteiger partial charge in [-0.05, 0) is 73.8 Å². The van der Waals surface area contributed by atoms with Crippen LogP contribution in [0.3, 0.4) is 0 Å². The molecule has 2 aromatic carbocycles.